The molecule has 0 aliphatic rings. The van der Waals surface area contributed by atoms with Gasteiger partial charge in [0.05, 0.1) is 11.0 Å². The van der Waals surface area contributed by atoms with Gasteiger partial charge in [-0.1, -0.05) is 0 Å². The van der Waals surface area contributed by atoms with Gasteiger partial charge in [-0.3, -0.25) is 4.57 Å². The summed E-state index contributed by atoms with van der Waals surface area (Å²) in [5.74, 6) is 0. The van der Waals surface area contributed by atoms with Crippen LogP contribution in [0.15, 0.2) is 0 Å². The Morgan fingerprint density at radius 3 is 1.36 bits per heavy atom. The lowest BCUT2D eigenvalue weighted by Gasteiger charge is -2.00. The molecule has 2 aromatic rings. The van der Waals surface area contributed by atoms with Crippen LogP contribution >= 0.6 is 12.2 Å². The molecule has 14 heavy (non-hydrogen) atoms. The minimum Gasteiger partial charge on any atom is -0.376 e. The first-order valence-corrected chi connectivity index (χ1v) is 5.07. The molecule has 0 amide bonds. The van der Waals surface area contributed by atoms with Crippen LogP contribution in [0.2, 0.25) is 0 Å². The lowest BCUT2D eigenvalue weighted by molar-refractivity contribution is 1.28. The highest BCUT2D eigenvalue weighted by molar-refractivity contribution is 7.80. The van der Waals surface area contributed by atoms with E-state index in [0.29, 0.717) is 5.11 Å². The molecule has 0 saturated heterocycles. The quantitative estimate of drug-likeness (QED) is 0.671. The second-order valence-corrected chi connectivity index (χ2v) is 4.29. The summed E-state index contributed by atoms with van der Waals surface area (Å²) in [5.41, 5.74) is 13.3. The number of aromatic nitrogens is 1. The molecule has 0 fully saturated rings. The standard InChI is InChI=1S/C11H14N2S/c1-5-6(2)10-8(4)7(3)9(5)13(10)11(12)14/h1-4H3,(H2,12,14). The summed E-state index contributed by atoms with van der Waals surface area (Å²) >= 11 is 5.07. The number of rotatable bonds is 0. The van der Waals surface area contributed by atoms with Crippen LogP contribution in [0.5, 0.6) is 0 Å². The van der Waals surface area contributed by atoms with E-state index in [1.807, 2.05) is 4.57 Å². The number of aryl methyl sites for hydroxylation is 4. The van der Waals surface area contributed by atoms with Crippen molar-refractivity contribution in [3.63, 3.8) is 0 Å². The predicted molar refractivity (Wildman–Crippen MR) is 64.3 cm³/mol. The Balaban J connectivity index is 3.01. The molecule has 0 saturated carbocycles. The van der Waals surface area contributed by atoms with Crippen LogP contribution in [0, 0.1) is 27.7 Å². The highest BCUT2D eigenvalue weighted by Gasteiger charge is 2.21. The van der Waals surface area contributed by atoms with E-state index in [9.17, 15) is 0 Å². The molecule has 0 aromatic carbocycles. The van der Waals surface area contributed by atoms with Crippen LogP contribution in [0.1, 0.15) is 22.3 Å². The van der Waals surface area contributed by atoms with E-state index < -0.39 is 0 Å². The minimum atomic E-state index is 0.447. The van der Waals surface area contributed by atoms with E-state index in [1.165, 1.54) is 33.3 Å². The summed E-state index contributed by atoms with van der Waals surface area (Å²) in [5, 5.41) is 0.447. The molecule has 74 valence electrons. The van der Waals surface area contributed by atoms with Crippen LogP contribution in [0.3, 0.4) is 0 Å². The van der Waals surface area contributed by atoms with Crippen molar-refractivity contribution in [1.29, 1.82) is 0 Å². The van der Waals surface area contributed by atoms with Gasteiger partial charge in [0.2, 0.25) is 0 Å². The normalized spacial score (nSPS) is 11.4. The molecule has 0 aliphatic carbocycles. The first-order valence-electron chi connectivity index (χ1n) is 4.66. The van der Waals surface area contributed by atoms with Crippen LogP contribution in [0.4, 0.5) is 0 Å². The first kappa shape index (κ1) is 9.46. The number of thiocarbonyl (C=S) groups is 1. The molecule has 0 radical (unpaired) electrons. The van der Waals surface area contributed by atoms with Gasteiger partial charge in [0.1, 0.15) is 0 Å². The third-order valence-corrected chi connectivity index (χ3v) is 3.40. The van der Waals surface area contributed by atoms with Crippen molar-refractivity contribution in [3.8, 4) is 0 Å². The molecule has 2 N–H and O–H groups in total. The zero-order chi connectivity index (χ0) is 10.6. The minimum absolute atomic E-state index is 0.447. The summed E-state index contributed by atoms with van der Waals surface area (Å²) in [6.07, 6.45) is 0. The smallest absolute Gasteiger partial charge is 0.175 e. The number of nitrogens with zero attached hydrogens (tertiary/aromatic N) is 1. The van der Waals surface area contributed by atoms with E-state index in [4.69, 9.17) is 18.0 Å². The molecule has 0 atom stereocenters. The van der Waals surface area contributed by atoms with E-state index in [0.717, 1.165) is 0 Å². The van der Waals surface area contributed by atoms with Gasteiger partial charge in [-0.2, -0.15) is 0 Å². The number of hydrogen-bond donors (Lipinski definition) is 1. The van der Waals surface area contributed by atoms with Crippen molar-refractivity contribution >= 4 is 28.4 Å². The van der Waals surface area contributed by atoms with Crippen molar-refractivity contribution in [2.75, 3.05) is 0 Å². The predicted octanol–water partition coefficient (Wildman–Crippen LogP) is 2.40. The maximum atomic E-state index is 5.73. The Morgan fingerprint density at radius 1 is 0.929 bits per heavy atom. The summed E-state index contributed by atoms with van der Waals surface area (Å²) in [7, 11) is 0. The summed E-state index contributed by atoms with van der Waals surface area (Å²) in [6, 6.07) is 0. The molecular weight excluding hydrogens is 192 g/mol. The van der Waals surface area contributed by atoms with Gasteiger partial charge in [0, 0.05) is 0 Å². The fourth-order valence-electron chi connectivity index (χ4n) is 2.28. The number of hydrogen-bond acceptors (Lipinski definition) is 1. The molecule has 2 rings (SSSR count). The number of fused-ring (bicyclic) bond motifs is 2. The summed E-state index contributed by atoms with van der Waals surface area (Å²) < 4.78 is 1.99. The lowest BCUT2D eigenvalue weighted by Crippen LogP contribution is -2.17. The Bertz CT molecular complexity index is 450. The fourth-order valence-corrected chi connectivity index (χ4v) is 2.46. The van der Waals surface area contributed by atoms with E-state index in [2.05, 4.69) is 27.7 Å². The lowest BCUT2D eigenvalue weighted by atomic mass is 10.0. The van der Waals surface area contributed by atoms with Gasteiger partial charge in [-0.15, -0.1) is 0 Å². The molecular formula is C11H14N2S. The van der Waals surface area contributed by atoms with Crippen molar-refractivity contribution in [1.82, 2.24) is 4.57 Å². The molecule has 0 spiro atoms. The van der Waals surface area contributed by atoms with Crippen LogP contribution in [-0.4, -0.2) is 9.68 Å². The molecule has 2 heterocycles. The Kier molecular flexibility index (Phi) is 1.83. The van der Waals surface area contributed by atoms with E-state index >= 15 is 0 Å². The van der Waals surface area contributed by atoms with Crippen molar-refractivity contribution < 1.29 is 0 Å². The Morgan fingerprint density at radius 2 is 1.21 bits per heavy atom. The average molecular weight is 206 g/mol. The maximum Gasteiger partial charge on any atom is 0.175 e. The van der Waals surface area contributed by atoms with Gasteiger partial charge in [-0.25, -0.2) is 0 Å². The zero-order valence-electron chi connectivity index (χ0n) is 8.93. The summed E-state index contributed by atoms with van der Waals surface area (Å²) in [6.45, 7) is 8.50. The maximum absolute atomic E-state index is 5.73. The Labute approximate surface area is 89.0 Å². The van der Waals surface area contributed by atoms with Crippen LogP contribution < -0.4 is 5.73 Å². The monoisotopic (exact) mass is 206 g/mol. The van der Waals surface area contributed by atoms with E-state index in [1.54, 1.807) is 0 Å². The topological polar surface area (TPSA) is 30.9 Å². The highest BCUT2D eigenvalue weighted by atomic mass is 32.1. The number of benzene rings is 1. The Hall–Kier alpha value is -1.09. The second kappa shape index (κ2) is 2.70. The molecule has 2 aromatic heterocycles. The molecule has 2 nitrogen and oxygen atoms in total. The molecule has 2 bridgehead atoms. The van der Waals surface area contributed by atoms with Crippen molar-refractivity contribution in [2.24, 2.45) is 5.73 Å². The van der Waals surface area contributed by atoms with Crippen LogP contribution in [-0.2, 0) is 0 Å². The third-order valence-electron chi connectivity index (χ3n) is 3.21. The van der Waals surface area contributed by atoms with Gasteiger partial charge in [-0.05, 0) is 62.2 Å². The summed E-state index contributed by atoms with van der Waals surface area (Å²) in [4.78, 5) is 0. The molecule has 0 aliphatic heterocycles. The van der Waals surface area contributed by atoms with Crippen molar-refractivity contribution in [2.45, 2.75) is 27.7 Å². The molecule has 3 heteroatoms. The van der Waals surface area contributed by atoms with Gasteiger partial charge < -0.3 is 5.73 Å². The largest absolute Gasteiger partial charge is 0.376 e. The van der Waals surface area contributed by atoms with Gasteiger partial charge in [0.15, 0.2) is 5.11 Å². The second-order valence-electron chi connectivity index (χ2n) is 3.87. The first-order chi connectivity index (χ1) is 6.46. The van der Waals surface area contributed by atoms with E-state index in [-0.39, 0.29) is 0 Å². The zero-order valence-corrected chi connectivity index (χ0v) is 9.75. The fraction of sp³-hybridized carbons (Fsp3) is 0.364. The van der Waals surface area contributed by atoms with Gasteiger partial charge >= 0.3 is 0 Å². The van der Waals surface area contributed by atoms with Crippen molar-refractivity contribution in [3.05, 3.63) is 22.3 Å². The average Bonchev–Trinajstić information content (AvgIpc) is 2.50. The van der Waals surface area contributed by atoms with Gasteiger partial charge in [0.25, 0.3) is 0 Å². The highest BCUT2D eigenvalue weighted by Crippen LogP contribution is 2.34. The molecule has 0 unspecified atom stereocenters. The number of nitrogens with two attached hydrogens (primary N) is 1. The van der Waals surface area contributed by atoms with Crippen LogP contribution in [0.25, 0.3) is 11.0 Å². The third kappa shape index (κ3) is 0.879. The SMILES string of the molecule is Cc1c(C)c2c(C)c(C)c1n2C(N)=S.